The summed E-state index contributed by atoms with van der Waals surface area (Å²) >= 11 is 0. The van der Waals surface area contributed by atoms with Gasteiger partial charge in [0.1, 0.15) is 24.2 Å². The molecule has 2 aromatic rings. The van der Waals surface area contributed by atoms with Crippen molar-refractivity contribution >= 4 is 0 Å². The maximum absolute atomic E-state index is 10.2. The normalized spacial score (nSPS) is 12.5. The van der Waals surface area contributed by atoms with Crippen LogP contribution in [-0.4, -0.2) is 49.5 Å². The van der Waals surface area contributed by atoms with E-state index in [1.165, 1.54) is 0 Å². The zero-order valence-electron chi connectivity index (χ0n) is 12.9. The highest BCUT2D eigenvalue weighted by atomic mass is 16.5. The highest BCUT2D eigenvalue weighted by Crippen LogP contribution is 2.10. The molecule has 0 spiro atoms. The average Bonchev–Trinajstić information content (AvgIpc) is 3.04. The van der Waals surface area contributed by atoms with Crippen molar-refractivity contribution in [1.29, 1.82) is 0 Å². The number of benzene rings is 1. The highest BCUT2D eigenvalue weighted by molar-refractivity contribution is 5.20. The fourth-order valence-corrected chi connectivity index (χ4v) is 2.14. The van der Waals surface area contributed by atoms with Crippen LogP contribution in [-0.2, 0) is 11.3 Å². The Balaban J connectivity index is 1.80. The van der Waals surface area contributed by atoms with Gasteiger partial charge in [-0.1, -0.05) is 18.2 Å². The lowest BCUT2D eigenvalue weighted by Crippen LogP contribution is -2.37. The lowest BCUT2D eigenvalue weighted by Gasteiger charge is -2.24. The third kappa shape index (κ3) is 5.89. The molecule has 1 heterocycles. The molecule has 0 bridgehead atoms. The van der Waals surface area contributed by atoms with Crippen molar-refractivity contribution in [2.45, 2.75) is 12.6 Å². The predicted molar refractivity (Wildman–Crippen MR) is 83.8 cm³/mol. The van der Waals surface area contributed by atoms with Crippen LogP contribution in [0.4, 0.5) is 0 Å². The van der Waals surface area contributed by atoms with E-state index in [1.807, 2.05) is 42.5 Å². The van der Waals surface area contributed by atoms with Crippen LogP contribution in [0.15, 0.2) is 53.1 Å². The molecule has 1 N–H and O–H groups in total. The first kappa shape index (κ1) is 16.5. The summed E-state index contributed by atoms with van der Waals surface area (Å²) in [6.45, 7) is 2.72. The quantitative estimate of drug-likeness (QED) is 0.729. The third-order valence-electron chi connectivity index (χ3n) is 3.23. The molecule has 0 unspecified atom stereocenters. The summed E-state index contributed by atoms with van der Waals surface area (Å²) in [6, 6.07) is 13.3. The smallest absolute Gasteiger partial charge is 0.119 e. The molecule has 0 saturated heterocycles. The molecule has 0 radical (unpaired) electrons. The molecule has 1 aromatic heterocycles. The van der Waals surface area contributed by atoms with E-state index in [4.69, 9.17) is 13.9 Å². The van der Waals surface area contributed by atoms with E-state index in [0.29, 0.717) is 19.7 Å². The lowest BCUT2D eigenvalue weighted by atomic mass is 10.3. The summed E-state index contributed by atoms with van der Waals surface area (Å²) in [5.41, 5.74) is 0. The predicted octanol–water partition coefficient (Wildman–Crippen LogP) is 2.17. The van der Waals surface area contributed by atoms with Crippen LogP contribution in [0.25, 0.3) is 0 Å². The summed E-state index contributed by atoms with van der Waals surface area (Å²) < 4.78 is 16.1. The van der Waals surface area contributed by atoms with Crippen molar-refractivity contribution in [3.05, 3.63) is 54.5 Å². The Labute approximate surface area is 131 Å². The number of rotatable bonds is 10. The molecule has 120 valence electrons. The fraction of sp³-hybridized carbons (Fsp3) is 0.412. The van der Waals surface area contributed by atoms with Gasteiger partial charge in [-0.25, -0.2) is 0 Å². The number of hydrogen-bond donors (Lipinski definition) is 1. The van der Waals surface area contributed by atoms with Gasteiger partial charge in [0.2, 0.25) is 0 Å². The van der Waals surface area contributed by atoms with E-state index in [0.717, 1.165) is 18.1 Å². The summed E-state index contributed by atoms with van der Waals surface area (Å²) in [5.74, 6) is 1.63. The SMILES string of the molecule is COCCN(Cc1ccco1)C[C@H](O)COc1ccccc1. The van der Waals surface area contributed by atoms with Crippen molar-refractivity contribution in [2.24, 2.45) is 0 Å². The lowest BCUT2D eigenvalue weighted by molar-refractivity contribution is 0.0517. The molecule has 0 amide bonds. The standard InChI is InChI=1S/C17H23NO4/c1-20-11-9-18(13-17-8-5-10-21-17)12-15(19)14-22-16-6-3-2-4-7-16/h2-8,10,15,19H,9,11-14H2,1H3/t15-/m0/s1. The Morgan fingerprint density at radius 2 is 2.00 bits per heavy atom. The Bertz CT molecular complexity index is 501. The number of aliphatic hydroxyl groups excluding tert-OH is 1. The minimum absolute atomic E-state index is 0.256. The van der Waals surface area contributed by atoms with Gasteiger partial charge in [0.15, 0.2) is 0 Å². The number of nitrogens with zero attached hydrogens (tertiary/aromatic N) is 1. The first-order valence-electron chi connectivity index (χ1n) is 7.37. The van der Waals surface area contributed by atoms with E-state index in [2.05, 4.69) is 4.90 Å². The minimum atomic E-state index is -0.577. The molecular formula is C17H23NO4. The molecule has 0 saturated carbocycles. The topological polar surface area (TPSA) is 55.1 Å². The van der Waals surface area contributed by atoms with Crippen molar-refractivity contribution in [3.8, 4) is 5.75 Å². The van der Waals surface area contributed by atoms with Crippen molar-refractivity contribution < 1.29 is 19.0 Å². The summed E-state index contributed by atoms with van der Waals surface area (Å²) in [5, 5.41) is 10.2. The molecule has 5 heteroatoms. The first-order valence-corrected chi connectivity index (χ1v) is 7.37. The number of aliphatic hydroxyl groups is 1. The van der Waals surface area contributed by atoms with Crippen LogP contribution in [0.5, 0.6) is 5.75 Å². The van der Waals surface area contributed by atoms with Crippen molar-refractivity contribution in [3.63, 3.8) is 0 Å². The van der Waals surface area contributed by atoms with Gasteiger partial charge in [-0.2, -0.15) is 0 Å². The average molecular weight is 305 g/mol. The molecule has 1 aromatic carbocycles. The number of ether oxygens (including phenoxy) is 2. The van der Waals surface area contributed by atoms with Crippen molar-refractivity contribution in [2.75, 3.05) is 33.4 Å². The molecule has 5 nitrogen and oxygen atoms in total. The number of hydrogen-bond acceptors (Lipinski definition) is 5. The van der Waals surface area contributed by atoms with E-state index in [1.54, 1.807) is 13.4 Å². The Morgan fingerprint density at radius 3 is 2.68 bits per heavy atom. The van der Waals surface area contributed by atoms with Gasteiger partial charge in [0, 0.05) is 20.2 Å². The molecule has 22 heavy (non-hydrogen) atoms. The van der Waals surface area contributed by atoms with Crippen LogP contribution in [0.3, 0.4) is 0 Å². The largest absolute Gasteiger partial charge is 0.491 e. The van der Waals surface area contributed by atoms with E-state index in [-0.39, 0.29) is 6.61 Å². The molecule has 0 aliphatic rings. The maximum atomic E-state index is 10.2. The zero-order valence-corrected chi connectivity index (χ0v) is 12.9. The van der Waals surface area contributed by atoms with Crippen LogP contribution >= 0.6 is 0 Å². The highest BCUT2D eigenvalue weighted by Gasteiger charge is 2.14. The molecule has 2 rings (SSSR count). The Kier molecular flexibility index (Phi) is 6.96. The first-order chi connectivity index (χ1) is 10.8. The van der Waals surface area contributed by atoms with Crippen LogP contribution in [0.1, 0.15) is 5.76 Å². The van der Waals surface area contributed by atoms with Crippen molar-refractivity contribution in [1.82, 2.24) is 4.90 Å². The third-order valence-corrected chi connectivity index (χ3v) is 3.23. The van der Waals surface area contributed by atoms with Crippen LogP contribution in [0.2, 0.25) is 0 Å². The number of furan rings is 1. The minimum Gasteiger partial charge on any atom is -0.491 e. The van der Waals surface area contributed by atoms with Gasteiger partial charge < -0.3 is 19.0 Å². The summed E-state index contributed by atoms with van der Waals surface area (Å²) in [4.78, 5) is 2.08. The van der Waals surface area contributed by atoms with Crippen LogP contribution in [0, 0.1) is 0 Å². The van der Waals surface area contributed by atoms with E-state index in [9.17, 15) is 5.11 Å². The van der Waals surface area contributed by atoms with E-state index < -0.39 is 6.10 Å². The second kappa shape index (κ2) is 9.25. The molecule has 0 aliphatic carbocycles. The van der Waals surface area contributed by atoms with Gasteiger partial charge in [-0.05, 0) is 24.3 Å². The monoisotopic (exact) mass is 305 g/mol. The Hall–Kier alpha value is -1.82. The van der Waals surface area contributed by atoms with E-state index >= 15 is 0 Å². The molecule has 1 atom stereocenters. The summed E-state index contributed by atoms with van der Waals surface area (Å²) in [7, 11) is 1.67. The summed E-state index contributed by atoms with van der Waals surface area (Å²) in [6.07, 6.45) is 1.07. The Morgan fingerprint density at radius 1 is 1.18 bits per heavy atom. The fourth-order valence-electron chi connectivity index (χ4n) is 2.14. The second-order valence-corrected chi connectivity index (χ2v) is 5.09. The van der Waals surface area contributed by atoms with Gasteiger partial charge in [-0.15, -0.1) is 0 Å². The second-order valence-electron chi connectivity index (χ2n) is 5.09. The van der Waals surface area contributed by atoms with Gasteiger partial charge in [-0.3, -0.25) is 4.90 Å². The van der Waals surface area contributed by atoms with Gasteiger partial charge in [0.05, 0.1) is 19.4 Å². The van der Waals surface area contributed by atoms with Gasteiger partial charge in [0.25, 0.3) is 0 Å². The number of para-hydroxylation sites is 1. The molecular weight excluding hydrogens is 282 g/mol. The van der Waals surface area contributed by atoms with Gasteiger partial charge >= 0.3 is 0 Å². The van der Waals surface area contributed by atoms with Crippen LogP contribution < -0.4 is 4.74 Å². The zero-order chi connectivity index (χ0) is 15.6. The number of methoxy groups -OCH3 is 1. The maximum Gasteiger partial charge on any atom is 0.119 e. The molecule has 0 aliphatic heterocycles. The molecule has 0 fully saturated rings.